The van der Waals surface area contributed by atoms with Gasteiger partial charge in [0, 0.05) is 335 Å². The average molecular weight is 1940 g/mol. The van der Waals surface area contributed by atoms with Crippen molar-refractivity contribution in [1.82, 2.24) is 4.57 Å². The van der Waals surface area contributed by atoms with Crippen molar-refractivity contribution in [3.05, 3.63) is 143 Å². The molecule has 0 fully saturated rings. The first-order chi connectivity index (χ1) is 36.4. The monoisotopic (exact) mass is 1930 g/mol. The van der Waals surface area contributed by atoms with Crippen LogP contribution in [0.1, 0.15) is 11.1 Å². The lowest BCUT2D eigenvalue weighted by Gasteiger charge is -2.05. The van der Waals surface area contributed by atoms with E-state index in [9.17, 15) is 0 Å². The highest BCUT2D eigenvalue weighted by molar-refractivity contribution is 14.1. The second-order valence-electron chi connectivity index (χ2n) is 11.1. The fourth-order valence-electron chi connectivity index (χ4n) is 5.25. The summed E-state index contributed by atoms with van der Waals surface area (Å²) in [7, 11) is 52.6. The van der Waals surface area contributed by atoms with Gasteiger partial charge in [-0.2, -0.15) is 13.5 Å². The van der Waals surface area contributed by atoms with Crippen molar-refractivity contribution >= 4 is 432 Å². The topological polar surface area (TPSA) is 4.93 Å². The third-order valence-corrected chi connectivity index (χ3v) is 77.4. The van der Waals surface area contributed by atoms with Crippen molar-refractivity contribution in [3.63, 3.8) is 0 Å². The van der Waals surface area contributed by atoms with Gasteiger partial charge in [0.2, 0.25) is 0 Å². The van der Waals surface area contributed by atoms with Gasteiger partial charge in [0.25, 0.3) is 0 Å². The number of nitrogens with zero attached hydrogens (tertiary/aromatic N) is 1. The van der Waals surface area contributed by atoms with Gasteiger partial charge in [-0.1, -0.05) is 84.9 Å². The van der Waals surface area contributed by atoms with E-state index in [0.29, 0.717) is 0 Å². The minimum atomic E-state index is 0. The normalized spacial score (nSPS) is 9.32. The zero-order chi connectivity index (χ0) is 52.7. The van der Waals surface area contributed by atoms with Crippen molar-refractivity contribution in [2.24, 2.45) is 0 Å². The number of halogens is 3. The molecule has 0 atom stereocenters. The maximum absolute atomic E-state index is 4.76. The van der Waals surface area contributed by atoms with E-state index in [-0.39, 0.29) is 13.5 Å². The first-order valence-corrected chi connectivity index (χ1v) is 66.3. The van der Waals surface area contributed by atoms with E-state index in [1.54, 1.807) is 262 Å². The lowest BCUT2D eigenvalue weighted by molar-refractivity contribution is 1.21. The summed E-state index contributed by atoms with van der Waals surface area (Å²) in [5.41, 5.74) is 8.27. The Kier molecular flexibility index (Phi) is 50.8. The molecule has 7 aromatic rings. The molecule has 3 heterocycles. The molecule has 8 rings (SSSR count). The Morgan fingerprint density at radius 1 is 0.373 bits per heavy atom. The van der Waals surface area contributed by atoms with Crippen molar-refractivity contribution in [1.29, 1.82) is 0 Å². The Hall–Kier alpha value is 5.82. The molecule has 0 radical (unpaired) electrons. The summed E-state index contributed by atoms with van der Waals surface area (Å²) in [5, 5.41) is 8.02. The lowest BCUT2D eigenvalue weighted by atomic mass is 10.1. The summed E-state index contributed by atoms with van der Waals surface area (Å²) in [6, 6.07) is 38.6. The third-order valence-electron chi connectivity index (χ3n) is 7.47. The highest BCUT2D eigenvalue weighted by Gasteiger charge is 2.16. The molecule has 0 bridgehead atoms. The third kappa shape index (κ3) is 32.0. The van der Waals surface area contributed by atoms with E-state index in [4.69, 9.17) is 44.8 Å². The second kappa shape index (κ2) is 50.8. The molecule has 0 unspecified atom stereocenters. The van der Waals surface area contributed by atoms with Crippen LogP contribution in [0.25, 0.3) is 37.9 Å². The number of para-hydroxylation sites is 2. The van der Waals surface area contributed by atoms with Crippen LogP contribution < -0.4 is 0 Å². The number of aromatic nitrogens is 1. The van der Waals surface area contributed by atoms with Crippen LogP contribution in [0.3, 0.4) is 0 Å². The molecular formula is C33H24Br2INS38. The van der Waals surface area contributed by atoms with E-state index in [2.05, 4.69) is 173 Å². The summed E-state index contributed by atoms with van der Waals surface area (Å²) < 4.78 is 6.00. The van der Waals surface area contributed by atoms with Crippen molar-refractivity contribution < 1.29 is 0 Å². The molecule has 0 amide bonds. The molecule has 1 nitrogen and oxygen atoms in total. The number of benzene rings is 4. The fraction of sp³-hybridized carbons (Fsp3) is 0.0303. The standard InChI is InChI=1S/C16H10BrNS.C13H10.C4H2BrIS.S22.S13.H2S/c17-13-9-10-19-16(13)18-14-7-3-1-5-11(14)12-6-2-4-8-15(12)18;1-3-7-12-10(5-1)9-11-6-2-4-8-13(11)12;5-3-1-2-7-4(3)6;1-3-5-7-9-11-13-15-17-19-21-22-20-18-16-14-12-10-8-6-4-2;1-3-5-7-9-11-13-12-10-8-6-4-2;/h1-10H;1-8H,9H2;1-2H;;;1H2. The van der Waals surface area contributed by atoms with E-state index < -0.39 is 0 Å². The second-order valence-corrected chi connectivity index (χ2v) is 71.3. The zero-order valence-corrected chi connectivity index (χ0v) is 72.0. The molecule has 0 spiro atoms. The molecule has 0 aliphatic heterocycles. The average Bonchev–Trinajstić information content (AvgIpc) is 4.22. The number of rotatable bonds is 1. The molecule has 75 heavy (non-hydrogen) atoms. The molecule has 1 aliphatic carbocycles. The smallest absolute Gasteiger partial charge is 0.114 e. The van der Waals surface area contributed by atoms with Crippen molar-refractivity contribution in [2.45, 2.75) is 6.42 Å². The Morgan fingerprint density at radius 2 is 0.667 bits per heavy atom. The van der Waals surface area contributed by atoms with Crippen molar-refractivity contribution in [3.8, 4) is 16.1 Å². The van der Waals surface area contributed by atoms with Gasteiger partial charge in [-0.05, 0) is 118 Å². The molecule has 410 valence electrons. The van der Waals surface area contributed by atoms with Gasteiger partial charge < -0.3 is 0 Å². The predicted octanol–water partition coefficient (Wildman–Crippen LogP) is 12.0. The molecule has 0 saturated heterocycles. The van der Waals surface area contributed by atoms with Crippen LogP contribution in [-0.2, 0) is 326 Å². The van der Waals surface area contributed by atoms with Gasteiger partial charge in [-0.25, -0.2) is 0 Å². The highest BCUT2D eigenvalue weighted by atomic mass is 127. The lowest BCUT2D eigenvalue weighted by Crippen LogP contribution is -1.90. The summed E-state index contributed by atoms with van der Waals surface area (Å²) in [6.45, 7) is 0. The van der Waals surface area contributed by atoms with Gasteiger partial charge in [-0.3, -0.25) is 4.57 Å². The minimum absolute atomic E-state index is 0. The Labute approximate surface area is 589 Å². The van der Waals surface area contributed by atoms with Gasteiger partial charge in [0.1, 0.15) is 5.00 Å². The molecular weight excluding hydrogens is 1920 g/mol. The van der Waals surface area contributed by atoms with Crippen LogP contribution in [0, 0.1) is 2.88 Å². The van der Waals surface area contributed by atoms with Crippen molar-refractivity contribution in [2.75, 3.05) is 0 Å². The molecule has 4 aromatic carbocycles. The van der Waals surface area contributed by atoms with Gasteiger partial charge in [0.15, 0.2) is 0 Å². The number of thiophene rings is 2. The van der Waals surface area contributed by atoms with Crippen LogP contribution >= 0.6 is 90.6 Å². The summed E-state index contributed by atoms with van der Waals surface area (Å²) in [5.74, 6) is 0. The van der Waals surface area contributed by atoms with Gasteiger partial charge in [0.05, 0.1) is 18.4 Å². The maximum atomic E-state index is 4.76. The molecule has 0 saturated carbocycles. The van der Waals surface area contributed by atoms with Crippen LogP contribution in [-0.4, -0.2) is 4.57 Å². The number of hydrogen-bond donors (Lipinski definition) is 0. The number of fused-ring (bicyclic) bond motifs is 6. The Morgan fingerprint density at radius 3 is 0.947 bits per heavy atom. The quantitative estimate of drug-likeness (QED) is 0.151. The Bertz CT molecular complexity index is 4330. The SMILES string of the molecule is Brc1ccsc1-n1c2ccccc2c2ccccc21.Brc1ccsc1I.S.S=S=S=S=S=S=S=S=S=S=S=S=S.S=S=S=S=S=S=S=S=S=S=S=S=S=S=S=S=S=S=S=S=S=S.c1ccc2c(c1)Cc1ccccc1-2. The predicted molar refractivity (Wildman–Crippen MR) is 454 cm³/mol. The van der Waals surface area contributed by atoms with E-state index >= 15 is 0 Å². The van der Waals surface area contributed by atoms with Gasteiger partial charge >= 0.3 is 0 Å². The molecule has 1 aliphatic rings. The van der Waals surface area contributed by atoms with Crippen LogP contribution in [0.2, 0.25) is 0 Å². The molecule has 3 aromatic heterocycles. The summed E-state index contributed by atoms with van der Waals surface area (Å²) in [4.78, 5) is 0. The zero-order valence-electron chi connectivity index (χ0n) is 35.4. The van der Waals surface area contributed by atoms with E-state index in [1.165, 1.54) is 91.9 Å². The van der Waals surface area contributed by atoms with Crippen LogP contribution in [0.5, 0.6) is 0 Å². The molecule has 42 heteroatoms. The summed E-state index contributed by atoms with van der Waals surface area (Å²) >= 11 is 31.7. The fourth-order valence-corrected chi connectivity index (χ4v) is 82.6. The first kappa shape index (κ1) is 75.1. The van der Waals surface area contributed by atoms with Gasteiger partial charge in [-0.15, -0.1) is 22.7 Å². The number of hydrogen-bond acceptors (Lipinski definition) is 6. The van der Waals surface area contributed by atoms with E-state index in [0.717, 1.165) is 10.9 Å². The first-order valence-electron chi connectivity index (χ1n) is 17.9. The highest BCUT2D eigenvalue weighted by Crippen LogP contribution is 2.37. The maximum Gasteiger partial charge on any atom is 0.114 e. The van der Waals surface area contributed by atoms with E-state index in [1.807, 2.05) is 6.07 Å². The van der Waals surface area contributed by atoms with Crippen LogP contribution in [0.15, 0.2) is 129 Å². The minimum Gasteiger partial charge on any atom is -0.300 e. The summed E-state index contributed by atoms with van der Waals surface area (Å²) in [6.07, 6.45) is 1.10. The largest absolute Gasteiger partial charge is 0.300 e. The Balaban J connectivity index is 0.000000256. The molecule has 0 N–H and O–H groups in total. The van der Waals surface area contributed by atoms with Crippen LogP contribution in [0.4, 0.5) is 0 Å².